The lowest BCUT2D eigenvalue weighted by Crippen LogP contribution is -2.39. The maximum atomic E-state index is 12.0. The van der Waals surface area contributed by atoms with Crippen molar-refractivity contribution in [1.29, 1.82) is 0 Å². The lowest BCUT2D eigenvalue weighted by atomic mass is 10.2. The quantitative estimate of drug-likeness (QED) is 0.352. The Bertz CT molecular complexity index is 908. The highest BCUT2D eigenvalue weighted by Gasteiger charge is 2.12. The van der Waals surface area contributed by atoms with Gasteiger partial charge in [-0.1, -0.05) is 32.0 Å². The minimum absolute atomic E-state index is 0.122. The van der Waals surface area contributed by atoms with Gasteiger partial charge in [0.25, 0.3) is 5.91 Å². The zero-order valence-electron chi connectivity index (χ0n) is 17.3. The molecule has 0 radical (unpaired) electrons. The second kappa shape index (κ2) is 11.4. The van der Waals surface area contributed by atoms with E-state index in [1.807, 2.05) is 45.0 Å². The largest absolute Gasteiger partial charge is 0.484 e. The van der Waals surface area contributed by atoms with Crippen molar-refractivity contribution in [2.75, 3.05) is 18.5 Å². The Balaban J connectivity index is 1.77. The second-order valence-corrected chi connectivity index (χ2v) is 7.02. The number of benzene rings is 2. The van der Waals surface area contributed by atoms with Crippen LogP contribution in [0.4, 0.5) is 5.69 Å². The predicted octanol–water partition coefficient (Wildman–Crippen LogP) is 2.23. The molecule has 158 valence electrons. The first kappa shape index (κ1) is 22.6. The van der Waals surface area contributed by atoms with Crippen LogP contribution < -0.4 is 20.8 Å². The number of nitrogens with zero attached hydrogens (tertiary/aromatic N) is 1. The number of rotatable bonds is 8. The minimum Gasteiger partial charge on any atom is -0.484 e. The molecular weight excluding hydrogens is 384 g/mol. The summed E-state index contributed by atoms with van der Waals surface area (Å²) in [6, 6.07) is 14.3. The van der Waals surface area contributed by atoms with E-state index >= 15 is 0 Å². The third kappa shape index (κ3) is 7.75. The van der Waals surface area contributed by atoms with E-state index in [1.165, 1.54) is 6.21 Å². The summed E-state index contributed by atoms with van der Waals surface area (Å²) in [6.07, 6.45) is 1.41. The van der Waals surface area contributed by atoms with E-state index < -0.39 is 11.8 Å². The molecule has 0 aliphatic rings. The van der Waals surface area contributed by atoms with Crippen molar-refractivity contribution < 1.29 is 19.1 Å². The van der Waals surface area contributed by atoms with Crippen LogP contribution in [-0.4, -0.2) is 37.1 Å². The van der Waals surface area contributed by atoms with Gasteiger partial charge < -0.3 is 15.4 Å². The van der Waals surface area contributed by atoms with Crippen LogP contribution in [0.15, 0.2) is 53.6 Å². The van der Waals surface area contributed by atoms with Crippen LogP contribution in [0.1, 0.15) is 25.0 Å². The number of carbonyl (C=O) groups is 3. The molecule has 0 unspecified atom stereocenters. The molecule has 2 aromatic rings. The van der Waals surface area contributed by atoms with Crippen molar-refractivity contribution in [3.8, 4) is 5.75 Å². The van der Waals surface area contributed by atoms with E-state index in [9.17, 15) is 14.4 Å². The Hall–Kier alpha value is -3.68. The summed E-state index contributed by atoms with van der Waals surface area (Å²) in [5.74, 6) is -1.04. The van der Waals surface area contributed by atoms with E-state index in [4.69, 9.17) is 4.74 Å². The van der Waals surface area contributed by atoms with E-state index in [1.54, 1.807) is 24.3 Å². The van der Waals surface area contributed by atoms with Crippen molar-refractivity contribution in [3.63, 3.8) is 0 Å². The first-order valence-corrected chi connectivity index (χ1v) is 9.54. The van der Waals surface area contributed by atoms with Crippen LogP contribution in [0, 0.1) is 12.8 Å². The topological polar surface area (TPSA) is 109 Å². The molecule has 0 aliphatic heterocycles. The number of ether oxygens (including phenoxy) is 1. The zero-order valence-corrected chi connectivity index (χ0v) is 17.3. The summed E-state index contributed by atoms with van der Waals surface area (Å²) >= 11 is 0. The van der Waals surface area contributed by atoms with Crippen LogP contribution in [0.2, 0.25) is 0 Å². The summed E-state index contributed by atoms with van der Waals surface area (Å²) in [7, 11) is 0. The lowest BCUT2D eigenvalue weighted by Gasteiger charge is -2.09. The fourth-order valence-electron chi connectivity index (χ4n) is 2.29. The maximum absolute atomic E-state index is 12.0. The number of carbonyl (C=O) groups excluding carboxylic acids is 3. The predicted molar refractivity (Wildman–Crippen MR) is 115 cm³/mol. The van der Waals surface area contributed by atoms with Gasteiger partial charge in [-0.3, -0.25) is 14.4 Å². The smallest absolute Gasteiger partial charge is 0.329 e. The summed E-state index contributed by atoms with van der Waals surface area (Å²) in [5, 5.41) is 9.06. The van der Waals surface area contributed by atoms with Crippen molar-refractivity contribution >= 4 is 29.6 Å². The molecule has 2 aromatic carbocycles. The molecule has 8 nitrogen and oxygen atoms in total. The van der Waals surface area contributed by atoms with Crippen molar-refractivity contribution in [2.24, 2.45) is 11.0 Å². The lowest BCUT2D eigenvalue weighted by molar-refractivity contribution is -0.139. The number of para-hydroxylation sites is 1. The first-order valence-electron chi connectivity index (χ1n) is 9.54. The zero-order chi connectivity index (χ0) is 21.9. The van der Waals surface area contributed by atoms with Crippen LogP contribution in [0.25, 0.3) is 0 Å². The van der Waals surface area contributed by atoms with Gasteiger partial charge in [-0.25, -0.2) is 5.43 Å². The van der Waals surface area contributed by atoms with E-state index in [-0.39, 0.29) is 18.4 Å². The van der Waals surface area contributed by atoms with Crippen molar-refractivity contribution in [2.45, 2.75) is 20.8 Å². The average molecular weight is 410 g/mol. The Kier molecular flexibility index (Phi) is 8.56. The number of hydrazone groups is 1. The van der Waals surface area contributed by atoms with E-state index in [0.717, 1.165) is 11.3 Å². The van der Waals surface area contributed by atoms with Gasteiger partial charge in [0.05, 0.1) is 6.21 Å². The standard InChI is InChI=1S/C22H26N4O4/c1-15(2)12-23-21(28)22(29)26-24-13-17-8-10-18(11-9-17)30-14-20(27)25-19-7-5-4-6-16(19)3/h4-11,13,15H,12,14H2,1-3H3,(H,23,28)(H,25,27)(H,26,29)/b24-13-. The normalized spacial score (nSPS) is 10.7. The Morgan fingerprint density at radius 3 is 2.40 bits per heavy atom. The maximum Gasteiger partial charge on any atom is 0.329 e. The molecule has 3 amide bonds. The summed E-state index contributed by atoms with van der Waals surface area (Å²) < 4.78 is 5.48. The van der Waals surface area contributed by atoms with Gasteiger partial charge in [0.1, 0.15) is 5.75 Å². The van der Waals surface area contributed by atoms with Crippen LogP contribution >= 0.6 is 0 Å². The Labute approximate surface area is 175 Å². The second-order valence-electron chi connectivity index (χ2n) is 7.02. The van der Waals surface area contributed by atoms with Crippen LogP contribution in [0.3, 0.4) is 0 Å². The van der Waals surface area contributed by atoms with Gasteiger partial charge in [-0.15, -0.1) is 0 Å². The molecule has 0 saturated carbocycles. The summed E-state index contributed by atoms with van der Waals surface area (Å²) in [5.41, 5.74) is 4.58. The molecule has 0 atom stereocenters. The van der Waals surface area contributed by atoms with Gasteiger partial charge in [0, 0.05) is 12.2 Å². The van der Waals surface area contributed by atoms with Crippen molar-refractivity contribution in [3.05, 3.63) is 59.7 Å². The van der Waals surface area contributed by atoms with Crippen LogP contribution in [0.5, 0.6) is 5.75 Å². The van der Waals surface area contributed by atoms with E-state index in [0.29, 0.717) is 17.9 Å². The third-order valence-corrected chi connectivity index (χ3v) is 3.93. The van der Waals surface area contributed by atoms with Gasteiger partial charge in [0.2, 0.25) is 0 Å². The third-order valence-electron chi connectivity index (χ3n) is 3.93. The number of hydrogen-bond acceptors (Lipinski definition) is 5. The molecule has 0 aromatic heterocycles. The highest BCUT2D eigenvalue weighted by atomic mass is 16.5. The molecule has 2 rings (SSSR count). The molecule has 0 spiro atoms. The van der Waals surface area contributed by atoms with E-state index in [2.05, 4.69) is 21.2 Å². The van der Waals surface area contributed by atoms with Crippen molar-refractivity contribution in [1.82, 2.24) is 10.7 Å². The molecule has 0 bridgehead atoms. The Morgan fingerprint density at radius 1 is 1.03 bits per heavy atom. The molecule has 0 saturated heterocycles. The number of amides is 3. The number of nitrogens with one attached hydrogen (secondary N) is 3. The molecule has 0 aliphatic carbocycles. The molecule has 8 heteroatoms. The average Bonchev–Trinajstić information content (AvgIpc) is 2.73. The number of anilines is 1. The summed E-state index contributed by atoms with van der Waals surface area (Å²) in [6.45, 7) is 6.07. The molecule has 0 fully saturated rings. The van der Waals surface area contributed by atoms with Gasteiger partial charge >= 0.3 is 11.8 Å². The highest BCUT2D eigenvalue weighted by molar-refractivity contribution is 6.35. The fourth-order valence-corrected chi connectivity index (χ4v) is 2.29. The first-order chi connectivity index (χ1) is 14.3. The molecule has 30 heavy (non-hydrogen) atoms. The van der Waals surface area contributed by atoms with Gasteiger partial charge in [-0.2, -0.15) is 5.10 Å². The number of aryl methyl sites for hydroxylation is 1. The van der Waals surface area contributed by atoms with Gasteiger partial charge in [0.15, 0.2) is 6.61 Å². The highest BCUT2D eigenvalue weighted by Crippen LogP contribution is 2.14. The molecular formula is C22H26N4O4. The number of hydrogen-bond donors (Lipinski definition) is 3. The molecule has 3 N–H and O–H groups in total. The fraction of sp³-hybridized carbons (Fsp3) is 0.273. The summed E-state index contributed by atoms with van der Waals surface area (Å²) in [4.78, 5) is 35.2. The molecule has 0 heterocycles. The Morgan fingerprint density at radius 2 is 1.73 bits per heavy atom. The minimum atomic E-state index is -0.827. The van der Waals surface area contributed by atoms with Gasteiger partial charge in [-0.05, 0) is 54.3 Å². The van der Waals surface area contributed by atoms with Crippen LogP contribution in [-0.2, 0) is 14.4 Å². The SMILES string of the molecule is Cc1ccccc1NC(=O)COc1ccc(/C=N\NC(=O)C(=O)NCC(C)C)cc1. The monoisotopic (exact) mass is 410 g/mol.